The second kappa shape index (κ2) is 23.4. The van der Waals surface area contributed by atoms with Gasteiger partial charge >= 0.3 is 5.00 Å². The van der Waals surface area contributed by atoms with Crippen LogP contribution in [0.4, 0.5) is 39.0 Å². The molecule has 0 atom stereocenters. The van der Waals surface area contributed by atoms with Crippen LogP contribution in [-0.2, 0) is 23.8 Å². The second-order valence-electron chi connectivity index (χ2n) is 16.6. The van der Waals surface area contributed by atoms with Gasteiger partial charge in [0.2, 0.25) is 17.8 Å². The summed E-state index contributed by atoms with van der Waals surface area (Å²) in [4.78, 5) is 96.3. The molecule has 2 aliphatic rings. The zero-order chi connectivity index (χ0) is 49.0. The molecule has 23 heteroatoms. The van der Waals surface area contributed by atoms with Crippen LogP contribution in [0.1, 0.15) is 84.0 Å². The van der Waals surface area contributed by atoms with Crippen LogP contribution in [0.5, 0.6) is 0 Å². The number of benzene rings is 1. The van der Waals surface area contributed by atoms with Crippen LogP contribution in [0.2, 0.25) is 0 Å². The van der Waals surface area contributed by atoms with Gasteiger partial charge in [0.05, 0.1) is 79.7 Å². The molecule has 1 aromatic carbocycles. The molecule has 0 spiro atoms. The van der Waals surface area contributed by atoms with Crippen LogP contribution in [0.15, 0.2) is 47.5 Å². The lowest BCUT2D eigenvalue weighted by Crippen LogP contribution is -2.49. The first-order valence-electron chi connectivity index (χ1n) is 22.8. The largest absolute Gasteiger partial charge is 0.383 e. The number of carbonyl (C=O) groups is 4. The van der Waals surface area contributed by atoms with Gasteiger partial charge in [0, 0.05) is 63.0 Å². The summed E-state index contributed by atoms with van der Waals surface area (Å²) in [6.07, 6.45) is 7.46. The van der Waals surface area contributed by atoms with E-state index in [1.807, 2.05) is 17.0 Å². The van der Waals surface area contributed by atoms with Crippen molar-refractivity contribution < 1.29 is 38.3 Å². The standard InChI is InChI=1S/C46H56N12O10S/c1-28-36-27-49-45(53-41(36)57(33-7-5-6-8-33)43(63)40(28)30(3)59)52-38-12-10-34(26-48-38)55-15-17-56(18-16-55)39(61)13-19-66-21-23-68-24-22-67-20-14-47-32-9-11-35(37(25-32)51-31(4)60)42(62)54-46-50-29(2)44(69-46)58(64)65/h9-12,25-27,33,47H,5-8,13-24H2,1-4H3,(H,51,60)(H,50,54,62)(H,48,49,52,53). The van der Waals surface area contributed by atoms with E-state index >= 15 is 0 Å². The number of aryl methyl sites for hydroxylation is 2. The van der Waals surface area contributed by atoms with Gasteiger partial charge in [-0.15, -0.1) is 0 Å². The Labute approximate surface area is 401 Å². The molecule has 1 saturated carbocycles. The van der Waals surface area contributed by atoms with Crippen LogP contribution in [0.25, 0.3) is 11.0 Å². The molecule has 0 bridgehead atoms. The van der Waals surface area contributed by atoms with Gasteiger partial charge in [-0.3, -0.25) is 44.0 Å². The summed E-state index contributed by atoms with van der Waals surface area (Å²) < 4.78 is 18.6. The Bertz CT molecular complexity index is 2730. The van der Waals surface area contributed by atoms with E-state index in [0.29, 0.717) is 99.8 Å². The lowest BCUT2D eigenvalue weighted by molar-refractivity contribution is -0.380. The summed E-state index contributed by atoms with van der Waals surface area (Å²) in [5, 5.41) is 23.3. The van der Waals surface area contributed by atoms with E-state index in [9.17, 15) is 34.1 Å². The molecule has 4 N–H and O–H groups in total. The number of amides is 3. The molecule has 366 valence electrons. The maximum atomic E-state index is 13.6. The van der Waals surface area contributed by atoms with Crippen LogP contribution >= 0.6 is 11.3 Å². The summed E-state index contributed by atoms with van der Waals surface area (Å²) in [6.45, 7) is 10.9. The zero-order valence-corrected chi connectivity index (χ0v) is 39.8. The third kappa shape index (κ3) is 12.8. The smallest absolute Gasteiger partial charge is 0.348 e. The van der Waals surface area contributed by atoms with Gasteiger partial charge in [-0.1, -0.05) is 12.8 Å². The van der Waals surface area contributed by atoms with Crippen molar-refractivity contribution in [1.29, 1.82) is 0 Å². The van der Waals surface area contributed by atoms with Crippen molar-refractivity contribution in [1.82, 2.24) is 29.4 Å². The maximum Gasteiger partial charge on any atom is 0.348 e. The summed E-state index contributed by atoms with van der Waals surface area (Å²) in [7, 11) is 0. The topological polar surface area (TPSA) is 267 Å². The number of Topliss-reactive ketones (excluding diaryl/α,β-unsaturated/α-hetero) is 1. The van der Waals surface area contributed by atoms with Gasteiger partial charge in [0.1, 0.15) is 17.2 Å². The number of pyridine rings is 2. The molecule has 3 amide bonds. The lowest BCUT2D eigenvalue weighted by atomic mass is 10.0. The van der Waals surface area contributed by atoms with Crippen molar-refractivity contribution in [2.45, 2.75) is 65.8 Å². The Hall–Kier alpha value is -6.95. The molecule has 5 heterocycles. The van der Waals surface area contributed by atoms with E-state index in [1.54, 1.807) is 36.0 Å². The number of nitro groups is 1. The van der Waals surface area contributed by atoms with Crippen molar-refractivity contribution in [2.24, 2.45) is 0 Å². The Balaban J connectivity index is 0.752. The lowest BCUT2D eigenvalue weighted by Gasteiger charge is -2.36. The van der Waals surface area contributed by atoms with Gasteiger partial charge in [0.25, 0.3) is 11.5 Å². The molecule has 1 aliphatic heterocycles. The van der Waals surface area contributed by atoms with Crippen LogP contribution in [0, 0.1) is 24.0 Å². The molecule has 5 aromatic rings. The number of rotatable bonds is 22. The quantitative estimate of drug-likeness (QED) is 0.0283. The number of piperazine rings is 1. The first-order valence-corrected chi connectivity index (χ1v) is 23.6. The van der Waals surface area contributed by atoms with Crippen molar-refractivity contribution in [2.75, 3.05) is 98.5 Å². The summed E-state index contributed by atoms with van der Waals surface area (Å²) in [5.74, 6) is -0.350. The zero-order valence-electron chi connectivity index (χ0n) is 39.0. The van der Waals surface area contributed by atoms with Gasteiger partial charge in [-0.05, 0) is 80.8 Å². The van der Waals surface area contributed by atoms with Crippen molar-refractivity contribution in [3.05, 3.63) is 85.6 Å². The Morgan fingerprint density at radius 2 is 1.58 bits per heavy atom. The first kappa shape index (κ1) is 49.9. The van der Waals surface area contributed by atoms with Gasteiger partial charge in [-0.25, -0.2) is 15.0 Å². The number of nitrogens with zero attached hydrogens (tertiary/aromatic N) is 8. The van der Waals surface area contributed by atoms with E-state index in [4.69, 9.17) is 19.2 Å². The third-order valence-electron chi connectivity index (χ3n) is 11.7. The van der Waals surface area contributed by atoms with Crippen molar-refractivity contribution >= 4 is 84.8 Å². The second-order valence-corrected chi connectivity index (χ2v) is 17.5. The highest BCUT2D eigenvalue weighted by Crippen LogP contribution is 2.33. The number of hydrogen-bond donors (Lipinski definition) is 4. The number of anilines is 6. The van der Waals surface area contributed by atoms with Gasteiger partial charge < -0.3 is 40.0 Å². The summed E-state index contributed by atoms with van der Waals surface area (Å²) in [5.41, 5.74) is 3.16. The van der Waals surface area contributed by atoms with E-state index in [0.717, 1.165) is 42.7 Å². The predicted molar refractivity (Wildman–Crippen MR) is 260 cm³/mol. The minimum Gasteiger partial charge on any atom is -0.383 e. The Morgan fingerprint density at radius 3 is 2.23 bits per heavy atom. The van der Waals surface area contributed by atoms with Gasteiger partial charge in [-0.2, -0.15) is 4.98 Å². The van der Waals surface area contributed by atoms with Crippen molar-refractivity contribution in [3.63, 3.8) is 0 Å². The van der Waals surface area contributed by atoms with E-state index in [1.165, 1.54) is 26.8 Å². The molecule has 22 nitrogen and oxygen atoms in total. The summed E-state index contributed by atoms with van der Waals surface area (Å²) in [6, 6.07) is 8.59. The number of ether oxygens (including phenoxy) is 3. The Morgan fingerprint density at radius 1 is 0.870 bits per heavy atom. The number of ketones is 1. The number of nitrogens with one attached hydrogen (secondary N) is 4. The van der Waals surface area contributed by atoms with Gasteiger partial charge in [0.15, 0.2) is 10.9 Å². The fourth-order valence-electron chi connectivity index (χ4n) is 8.33. The average molecular weight is 969 g/mol. The highest BCUT2D eigenvalue weighted by atomic mass is 32.1. The van der Waals surface area contributed by atoms with E-state index < -0.39 is 10.8 Å². The molecule has 1 aliphatic carbocycles. The minimum absolute atomic E-state index is 0.0165. The van der Waals surface area contributed by atoms with Crippen LogP contribution < -0.4 is 31.7 Å². The van der Waals surface area contributed by atoms with E-state index in [-0.39, 0.29) is 74.9 Å². The molecule has 7 rings (SSSR count). The number of aromatic nitrogens is 5. The van der Waals surface area contributed by atoms with Crippen LogP contribution in [-0.4, -0.2) is 130 Å². The first-order chi connectivity index (χ1) is 33.3. The highest BCUT2D eigenvalue weighted by Gasteiger charge is 2.27. The molecule has 2 fully saturated rings. The average Bonchev–Trinajstić information content (AvgIpc) is 3.99. The molecule has 0 unspecified atom stereocenters. The Kier molecular flexibility index (Phi) is 16.9. The predicted octanol–water partition coefficient (Wildman–Crippen LogP) is 5.64. The number of carbonyl (C=O) groups excluding carboxylic acids is 4. The highest BCUT2D eigenvalue weighted by molar-refractivity contribution is 7.19. The molecule has 69 heavy (non-hydrogen) atoms. The van der Waals surface area contributed by atoms with Crippen LogP contribution in [0.3, 0.4) is 0 Å². The number of hydrogen-bond acceptors (Lipinski definition) is 18. The number of fused-ring (bicyclic) bond motifs is 1. The fraction of sp³-hybridized carbons (Fsp3) is 0.457. The molecule has 1 saturated heterocycles. The third-order valence-corrected chi connectivity index (χ3v) is 12.8. The SMILES string of the molecule is CC(=O)Nc1cc(NCCOCCOCCOCCC(=O)N2CCN(c3ccc(Nc4ncc5c(C)c(C(C)=O)c(=O)n(C6CCCC6)c5n4)nc3)CC2)ccc1C(=O)Nc1nc(C)c([N+](=O)[O-])s1. The fourth-order valence-corrected chi connectivity index (χ4v) is 9.11. The normalized spacial score (nSPS) is 14.0. The molecule has 0 radical (unpaired) electrons. The van der Waals surface area contributed by atoms with Crippen molar-refractivity contribution in [3.8, 4) is 0 Å². The van der Waals surface area contributed by atoms with E-state index in [2.05, 4.69) is 41.1 Å². The maximum absolute atomic E-state index is 13.6. The monoisotopic (exact) mass is 968 g/mol. The molecular formula is C46H56N12O10S. The molecule has 4 aromatic heterocycles. The minimum atomic E-state index is -0.580. The number of thiazole rings is 1. The summed E-state index contributed by atoms with van der Waals surface area (Å²) >= 11 is 0.749. The molecular weight excluding hydrogens is 913 g/mol.